The molecular weight excluding hydrogens is 365 g/mol. The van der Waals surface area contributed by atoms with Gasteiger partial charge in [0.15, 0.2) is 5.96 Å². The van der Waals surface area contributed by atoms with Crippen molar-refractivity contribution in [3.8, 4) is 5.75 Å². The predicted molar refractivity (Wildman–Crippen MR) is 93.8 cm³/mol. The quantitative estimate of drug-likeness (QED) is 0.491. The van der Waals surface area contributed by atoms with E-state index in [4.69, 9.17) is 10.5 Å². The molecule has 1 fully saturated rings. The fraction of sp³-hybridized carbons (Fsp3) is 0.533. The summed E-state index contributed by atoms with van der Waals surface area (Å²) in [4.78, 5) is 6.70. The number of likely N-dealkylation sites (tertiary alicyclic amines) is 1. The van der Waals surface area contributed by atoms with Gasteiger partial charge in [-0.2, -0.15) is 0 Å². The average molecular weight is 389 g/mol. The van der Waals surface area contributed by atoms with Crippen molar-refractivity contribution in [2.75, 3.05) is 20.2 Å². The molecule has 1 heterocycles. The summed E-state index contributed by atoms with van der Waals surface area (Å²) < 4.78 is 5.20. The van der Waals surface area contributed by atoms with Gasteiger partial charge in [-0.15, -0.1) is 24.0 Å². The molecule has 112 valence electrons. The lowest BCUT2D eigenvalue weighted by Crippen LogP contribution is -2.38. The molecule has 0 saturated carbocycles. The Balaban J connectivity index is 0.00000200. The highest BCUT2D eigenvalue weighted by Gasteiger charge is 2.10. The molecule has 0 amide bonds. The summed E-state index contributed by atoms with van der Waals surface area (Å²) in [6.07, 6.45) is 5.05. The zero-order chi connectivity index (χ0) is 13.5. The molecule has 20 heavy (non-hydrogen) atoms. The van der Waals surface area contributed by atoms with E-state index in [1.807, 2.05) is 24.3 Å². The third-order valence-corrected chi connectivity index (χ3v) is 3.49. The molecule has 0 atom stereocenters. The summed E-state index contributed by atoms with van der Waals surface area (Å²) in [6.45, 7) is 2.68. The average Bonchev–Trinajstić information content (AvgIpc) is 2.74. The molecule has 0 aromatic heterocycles. The number of halogens is 1. The van der Waals surface area contributed by atoms with Gasteiger partial charge in [0.2, 0.25) is 0 Å². The first kappa shape index (κ1) is 17.1. The van der Waals surface area contributed by atoms with Crippen molar-refractivity contribution in [1.82, 2.24) is 4.90 Å². The van der Waals surface area contributed by atoms with E-state index in [9.17, 15) is 0 Å². The Hall–Kier alpha value is -0.980. The van der Waals surface area contributed by atoms with Crippen molar-refractivity contribution < 1.29 is 4.74 Å². The van der Waals surface area contributed by atoms with Gasteiger partial charge in [0.25, 0.3) is 0 Å². The van der Waals surface area contributed by atoms with Gasteiger partial charge in [0.1, 0.15) is 5.75 Å². The summed E-state index contributed by atoms with van der Waals surface area (Å²) in [5, 5.41) is 0. The van der Waals surface area contributed by atoms with Gasteiger partial charge < -0.3 is 15.4 Å². The summed E-state index contributed by atoms with van der Waals surface area (Å²) in [5.41, 5.74) is 7.20. The van der Waals surface area contributed by atoms with Crippen LogP contribution in [0.15, 0.2) is 29.3 Å². The van der Waals surface area contributed by atoms with E-state index in [0.717, 1.165) is 24.4 Å². The monoisotopic (exact) mass is 389 g/mol. The Bertz CT molecular complexity index is 429. The minimum Gasteiger partial charge on any atom is -0.497 e. The van der Waals surface area contributed by atoms with E-state index in [2.05, 4.69) is 9.89 Å². The van der Waals surface area contributed by atoms with E-state index < -0.39 is 0 Å². The Kier molecular flexibility index (Phi) is 7.72. The summed E-state index contributed by atoms with van der Waals surface area (Å²) in [5.74, 6) is 1.53. The van der Waals surface area contributed by atoms with Gasteiger partial charge in [0.05, 0.1) is 13.7 Å². The molecule has 1 aromatic carbocycles. The van der Waals surface area contributed by atoms with Gasteiger partial charge in [-0.05, 0) is 30.5 Å². The van der Waals surface area contributed by atoms with Crippen molar-refractivity contribution in [2.45, 2.75) is 32.2 Å². The first-order chi connectivity index (χ1) is 9.29. The van der Waals surface area contributed by atoms with Crippen LogP contribution >= 0.6 is 24.0 Å². The highest BCUT2D eigenvalue weighted by Crippen LogP contribution is 2.14. The van der Waals surface area contributed by atoms with Crippen LogP contribution in [0.2, 0.25) is 0 Å². The fourth-order valence-electron chi connectivity index (χ4n) is 2.34. The lowest BCUT2D eigenvalue weighted by atomic mass is 10.2. The molecule has 2 rings (SSSR count). The van der Waals surface area contributed by atoms with Crippen LogP contribution in [-0.4, -0.2) is 31.1 Å². The molecule has 0 unspecified atom stereocenters. The van der Waals surface area contributed by atoms with Crippen LogP contribution in [0, 0.1) is 0 Å². The van der Waals surface area contributed by atoms with Gasteiger partial charge in [-0.3, -0.25) is 0 Å². The van der Waals surface area contributed by atoms with E-state index in [-0.39, 0.29) is 24.0 Å². The molecule has 4 nitrogen and oxygen atoms in total. The molecule has 2 N–H and O–H groups in total. The second-order valence-electron chi connectivity index (χ2n) is 4.93. The minimum atomic E-state index is 0. The van der Waals surface area contributed by atoms with Crippen LogP contribution in [0.25, 0.3) is 0 Å². The van der Waals surface area contributed by atoms with Crippen LogP contribution in [-0.2, 0) is 6.54 Å². The van der Waals surface area contributed by atoms with Gasteiger partial charge in [-0.25, -0.2) is 4.99 Å². The van der Waals surface area contributed by atoms with Gasteiger partial charge in [0, 0.05) is 13.1 Å². The maximum Gasteiger partial charge on any atom is 0.191 e. The van der Waals surface area contributed by atoms with Gasteiger partial charge >= 0.3 is 0 Å². The van der Waals surface area contributed by atoms with E-state index in [1.54, 1.807) is 7.11 Å². The number of guanidine groups is 1. The number of rotatable bonds is 3. The molecule has 0 bridgehead atoms. The molecule has 0 aliphatic carbocycles. The summed E-state index contributed by atoms with van der Waals surface area (Å²) >= 11 is 0. The predicted octanol–water partition coefficient (Wildman–Crippen LogP) is 3.00. The Morgan fingerprint density at radius 3 is 2.60 bits per heavy atom. The highest BCUT2D eigenvalue weighted by molar-refractivity contribution is 14.0. The Morgan fingerprint density at radius 1 is 1.25 bits per heavy atom. The molecule has 1 aliphatic heterocycles. The SMILES string of the molecule is COc1cccc(CN=C(N)N2CCCCCC2)c1.I. The largest absolute Gasteiger partial charge is 0.497 e. The second kappa shape index (κ2) is 9.05. The molecule has 1 aliphatic rings. The molecule has 5 heteroatoms. The zero-order valence-corrected chi connectivity index (χ0v) is 14.4. The van der Waals surface area contributed by atoms with Crippen LogP contribution in [0.5, 0.6) is 5.75 Å². The van der Waals surface area contributed by atoms with Crippen molar-refractivity contribution in [3.63, 3.8) is 0 Å². The van der Waals surface area contributed by atoms with Crippen LogP contribution in [0.1, 0.15) is 31.2 Å². The third-order valence-electron chi connectivity index (χ3n) is 3.49. The first-order valence-corrected chi connectivity index (χ1v) is 6.97. The lowest BCUT2D eigenvalue weighted by molar-refractivity contribution is 0.414. The van der Waals surface area contributed by atoms with Crippen molar-refractivity contribution in [3.05, 3.63) is 29.8 Å². The molecular formula is C15H24IN3O. The van der Waals surface area contributed by atoms with Crippen molar-refractivity contribution in [2.24, 2.45) is 10.7 Å². The van der Waals surface area contributed by atoms with Gasteiger partial charge in [-0.1, -0.05) is 25.0 Å². The third kappa shape index (κ3) is 5.19. The number of hydrogen-bond acceptors (Lipinski definition) is 2. The van der Waals surface area contributed by atoms with E-state index in [0.29, 0.717) is 12.5 Å². The second-order valence-corrected chi connectivity index (χ2v) is 4.93. The Morgan fingerprint density at radius 2 is 1.95 bits per heavy atom. The molecule has 0 spiro atoms. The maximum absolute atomic E-state index is 6.08. The summed E-state index contributed by atoms with van der Waals surface area (Å²) in [7, 11) is 1.67. The number of benzene rings is 1. The number of methoxy groups -OCH3 is 1. The van der Waals surface area contributed by atoms with Crippen LogP contribution in [0.4, 0.5) is 0 Å². The number of nitrogens with zero attached hydrogens (tertiary/aromatic N) is 2. The van der Waals surface area contributed by atoms with Crippen LogP contribution < -0.4 is 10.5 Å². The highest BCUT2D eigenvalue weighted by atomic mass is 127. The number of nitrogens with two attached hydrogens (primary N) is 1. The topological polar surface area (TPSA) is 50.9 Å². The number of ether oxygens (including phenoxy) is 1. The van der Waals surface area contributed by atoms with E-state index >= 15 is 0 Å². The number of aliphatic imine (C=N–C) groups is 1. The smallest absolute Gasteiger partial charge is 0.191 e. The van der Waals surface area contributed by atoms with E-state index in [1.165, 1.54) is 25.7 Å². The zero-order valence-electron chi connectivity index (χ0n) is 12.0. The summed E-state index contributed by atoms with van der Waals surface area (Å²) in [6, 6.07) is 7.96. The van der Waals surface area contributed by atoms with Crippen molar-refractivity contribution >= 4 is 29.9 Å². The first-order valence-electron chi connectivity index (χ1n) is 6.97. The van der Waals surface area contributed by atoms with Crippen molar-refractivity contribution in [1.29, 1.82) is 0 Å². The fourth-order valence-corrected chi connectivity index (χ4v) is 2.34. The lowest BCUT2D eigenvalue weighted by Gasteiger charge is -2.21. The standard InChI is InChI=1S/C15H23N3O.HI/c1-19-14-8-6-7-13(11-14)12-17-15(16)18-9-4-2-3-5-10-18;/h6-8,11H,2-5,9-10,12H2,1H3,(H2,16,17);1H. The minimum absolute atomic E-state index is 0. The normalized spacial score (nSPS) is 16.2. The molecule has 1 aromatic rings. The maximum atomic E-state index is 6.08. The van der Waals surface area contributed by atoms with Crippen LogP contribution in [0.3, 0.4) is 0 Å². The Labute approximate surface area is 138 Å². The molecule has 1 saturated heterocycles. The number of hydrogen-bond donors (Lipinski definition) is 1. The molecule has 0 radical (unpaired) electrons.